The van der Waals surface area contributed by atoms with Gasteiger partial charge in [0.2, 0.25) is 0 Å². The van der Waals surface area contributed by atoms with Crippen LogP contribution in [0, 0.1) is 0 Å². The van der Waals surface area contributed by atoms with Crippen molar-refractivity contribution in [2.75, 3.05) is 39.6 Å². The Hall–Kier alpha value is -0.800. The maximum atomic E-state index is 6.67. The number of ether oxygens (including phenoxy) is 7. The first-order valence-electron chi connectivity index (χ1n) is 32.8. The number of allylic oxidation sites excluding steroid dienone is 2. The molecule has 0 rings (SSSR count). The highest BCUT2D eigenvalue weighted by atomic mass is 16.8. The molecule has 0 aliphatic carbocycles. The van der Waals surface area contributed by atoms with Gasteiger partial charge >= 0.3 is 0 Å². The lowest BCUT2D eigenvalue weighted by Crippen LogP contribution is -2.25. The van der Waals surface area contributed by atoms with Crippen molar-refractivity contribution >= 4 is 0 Å². The Morgan fingerprint density at radius 2 is 0.452 bits per heavy atom. The molecule has 0 aromatic rings. The van der Waals surface area contributed by atoms with E-state index in [1.807, 2.05) is 0 Å². The summed E-state index contributed by atoms with van der Waals surface area (Å²) in [5.74, 6) is 0. The van der Waals surface area contributed by atoms with Crippen LogP contribution in [-0.4, -0.2) is 64.8 Å². The summed E-state index contributed by atoms with van der Waals surface area (Å²) in [6.07, 6.45) is 65.2. The fraction of sp³-hybridized carbons (Fsp3) is 0.939. The van der Waals surface area contributed by atoms with Gasteiger partial charge in [0, 0.05) is 26.4 Å². The first-order valence-corrected chi connectivity index (χ1v) is 32.8. The topological polar surface area (TPSA) is 64.6 Å². The third kappa shape index (κ3) is 57.2. The second-order valence-corrected chi connectivity index (χ2v) is 21.7. The van der Waals surface area contributed by atoms with Crippen molar-refractivity contribution in [3.05, 3.63) is 24.3 Å². The smallest absolute Gasteiger partial charge is 0.180 e. The largest absolute Gasteiger partial charge is 0.353 e. The molecular weight excluding hydrogens is 905 g/mol. The van der Waals surface area contributed by atoms with E-state index in [0.29, 0.717) is 0 Å². The average Bonchev–Trinajstić information content (AvgIpc) is 3.40. The summed E-state index contributed by atoms with van der Waals surface area (Å²) < 4.78 is 44.2. The standard InChI is InChI=1S/C66H130O7/c1-7-13-19-21-23-35-41-51-61-71-65(55-45-39-33-29-25-27-31-37-43-53-63(67-57-47-15-9-3)68-58-48-16-10-4)73-66(72-62-52-42-36-24-22-20-14-8-2)56-46-40-34-30-26-28-32-38-44-54-64(69-59-49-17-11-5)70-60-50-18-12-6/h45-46,55-56,63-66H,7-44,47-54,57-62H2,1-6H3. The van der Waals surface area contributed by atoms with Crippen molar-refractivity contribution < 1.29 is 33.2 Å². The molecule has 7 nitrogen and oxygen atoms in total. The van der Waals surface area contributed by atoms with Gasteiger partial charge in [-0.05, 0) is 102 Å². The van der Waals surface area contributed by atoms with Crippen LogP contribution in [0.5, 0.6) is 0 Å². The molecule has 0 bridgehead atoms. The van der Waals surface area contributed by atoms with Crippen molar-refractivity contribution in [2.45, 2.75) is 362 Å². The zero-order chi connectivity index (χ0) is 52.9. The SMILES string of the molecule is CCCCCCCCCCOC(C=CCCCCCCCCCC(OCCCCC)OCCCCC)OC(C=CCCCCCCCCCC(OCCCCC)OCCCCC)OCCCCCCCCCC. The van der Waals surface area contributed by atoms with Gasteiger partial charge in [-0.1, -0.05) is 259 Å². The molecule has 0 aromatic carbocycles. The molecule has 0 aromatic heterocycles. The number of rotatable bonds is 64. The minimum atomic E-state index is -0.386. The Morgan fingerprint density at radius 1 is 0.233 bits per heavy atom. The first kappa shape index (κ1) is 72.2. The fourth-order valence-electron chi connectivity index (χ4n) is 9.31. The van der Waals surface area contributed by atoms with Gasteiger partial charge in [0.1, 0.15) is 0 Å². The van der Waals surface area contributed by atoms with Crippen molar-refractivity contribution in [1.82, 2.24) is 0 Å². The number of hydrogen-bond acceptors (Lipinski definition) is 7. The van der Waals surface area contributed by atoms with E-state index in [2.05, 4.69) is 65.8 Å². The van der Waals surface area contributed by atoms with Gasteiger partial charge in [-0.25, -0.2) is 0 Å². The summed E-state index contributed by atoms with van der Waals surface area (Å²) in [5, 5.41) is 0. The van der Waals surface area contributed by atoms with Crippen LogP contribution in [0.2, 0.25) is 0 Å². The summed E-state index contributed by atoms with van der Waals surface area (Å²) in [6, 6.07) is 0. The maximum absolute atomic E-state index is 6.67. The molecular formula is C66H130O7. The molecule has 0 spiro atoms. The maximum Gasteiger partial charge on any atom is 0.180 e. The summed E-state index contributed by atoms with van der Waals surface area (Å²) in [4.78, 5) is 0. The van der Waals surface area contributed by atoms with Crippen molar-refractivity contribution in [3.8, 4) is 0 Å². The predicted octanol–water partition coefficient (Wildman–Crippen LogP) is 21.6. The van der Waals surface area contributed by atoms with Gasteiger partial charge in [0.05, 0.1) is 13.2 Å². The molecule has 2 atom stereocenters. The molecule has 7 heteroatoms. The van der Waals surface area contributed by atoms with Crippen molar-refractivity contribution in [3.63, 3.8) is 0 Å². The van der Waals surface area contributed by atoms with Crippen LogP contribution >= 0.6 is 0 Å². The van der Waals surface area contributed by atoms with Crippen LogP contribution in [0.3, 0.4) is 0 Å². The van der Waals surface area contributed by atoms with Gasteiger partial charge in [-0.2, -0.15) is 0 Å². The van der Waals surface area contributed by atoms with Gasteiger partial charge in [0.25, 0.3) is 0 Å². The van der Waals surface area contributed by atoms with Gasteiger partial charge in [0.15, 0.2) is 25.2 Å². The van der Waals surface area contributed by atoms with Crippen molar-refractivity contribution in [2.24, 2.45) is 0 Å². The molecule has 0 N–H and O–H groups in total. The summed E-state index contributed by atoms with van der Waals surface area (Å²) in [7, 11) is 0. The molecule has 0 heterocycles. The Morgan fingerprint density at radius 3 is 0.753 bits per heavy atom. The Balaban J connectivity index is 5.10. The molecule has 73 heavy (non-hydrogen) atoms. The zero-order valence-electron chi connectivity index (χ0n) is 50.2. The lowest BCUT2D eigenvalue weighted by molar-refractivity contribution is -0.208. The highest BCUT2D eigenvalue weighted by Gasteiger charge is 2.15. The third-order valence-corrected chi connectivity index (χ3v) is 14.2. The summed E-state index contributed by atoms with van der Waals surface area (Å²) in [5.41, 5.74) is 0. The van der Waals surface area contributed by atoms with E-state index >= 15 is 0 Å². The van der Waals surface area contributed by atoms with Crippen LogP contribution in [0.25, 0.3) is 0 Å². The van der Waals surface area contributed by atoms with Gasteiger partial charge in [-0.15, -0.1) is 0 Å². The highest BCUT2D eigenvalue weighted by molar-refractivity contribution is 4.90. The van der Waals surface area contributed by atoms with Gasteiger partial charge < -0.3 is 33.2 Å². The molecule has 436 valence electrons. The number of hydrogen-bond donors (Lipinski definition) is 0. The lowest BCUT2D eigenvalue weighted by Gasteiger charge is -2.22. The minimum Gasteiger partial charge on any atom is -0.353 e. The van der Waals surface area contributed by atoms with E-state index in [-0.39, 0.29) is 25.2 Å². The monoisotopic (exact) mass is 1030 g/mol. The van der Waals surface area contributed by atoms with E-state index in [1.165, 1.54) is 231 Å². The Kier molecular flexibility index (Phi) is 63.0. The van der Waals surface area contributed by atoms with Crippen LogP contribution in [-0.2, 0) is 33.2 Å². The molecule has 0 saturated carbocycles. The second kappa shape index (κ2) is 63.7. The van der Waals surface area contributed by atoms with E-state index in [1.54, 1.807) is 0 Å². The summed E-state index contributed by atoms with van der Waals surface area (Å²) >= 11 is 0. The van der Waals surface area contributed by atoms with E-state index in [0.717, 1.165) is 104 Å². The van der Waals surface area contributed by atoms with Crippen molar-refractivity contribution in [1.29, 1.82) is 0 Å². The zero-order valence-corrected chi connectivity index (χ0v) is 50.2. The van der Waals surface area contributed by atoms with Crippen LogP contribution in [0.4, 0.5) is 0 Å². The quantitative estimate of drug-likeness (QED) is 0.0342. The Bertz CT molecular complexity index is 948. The Labute approximate surface area is 457 Å². The fourth-order valence-corrected chi connectivity index (χ4v) is 9.31. The van der Waals surface area contributed by atoms with E-state index in [9.17, 15) is 0 Å². The number of unbranched alkanes of at least 4 members (excludes halogenated alkanes) is 36. The first-order chi connectivity index (χ1) is 36.1. The summed E-state index contributed by atoms with van der Waals surface area (Å²) in [6.45, 7) is 18.4. The molecule has 0 aliphatic heterocycles. The molecule has 0 aliphatic rings. The second-order valence-electron chi connectivity index (χ2n) is 21.7. The minimum absolute atomic E-state index is 0.0165. The van der Waals surface area contributed by atoms with E-state index < -0.39 is 0 Å². The predicted molar refractivity (Wildman–Crippen MR) is 317 cm³/mol. The normalized spacial score (nSPS) is 13.0. The lowest BCUT2D eigenvalue weighted by atomic mass is 10.1. The van der Waals surface area contributed by atoms with Crippen LogP contribution in [0.15, 0.2) is 24.3 Å². The highest BCUT2D eigenvalue weighted by Crippen LogP contribution is 2.18. The van der Waals surface area contributed by atoms with Crippen LogP contribution < -0.4 is 0 Å². The molecule has 0 amide bonds. The third-order valence-electron chi connectivity index (χ3n) is 14.2. The van der Waals surface area contributed by atoms with Gasteiger partial charge in [-0.3, -0.25) is 0 Å². The molecule has 0 saturated heterocycles. The molecule has 0 radical (unpaired) electrons. The van der Waals surface area contributed by atoms with E-state index in [4.69, 9.17) is 33.2 Å². The molecule has 0 fully saturated rings. The average molecular weight is 1040 g/mol. The molecule has 2 unspecified atom stereocenters. The van der Waals surface area contributed by atoms with Crippen LogP contribution in [0.1, 0.15) is 337 Å².